The van der Waals surface area contributed by atoms with Gasteiger partial charge in [0.25, 0.3) is 0 Å². The van der Waals surface area contributed by atoms with Gasteiger partial charge in [-0.1, -0.05) is 0 Å². The van der Waals surface area contributed by atoms with Crippen LogP contribution in [-0.4, -0.2) is 27.9 Å². The summed E-state index contributed by atoms with van der Waals surface area (Å²) in [6, 6.07) is 1.87. The van der Waals surface area contributed by atoms with E-state index in [1.54, 1.807) is 10.9 Å². The van der Waals surface area contributed by atoms with Gasteiger partial charge in [-0.3, -0.25) is 9.48 Å². The smallest absolute Gasteiger partial charge is 0.246 e. The van der Waals surface area contributed by atoms with Crippen LogP contribution in [0.1, 0.15) is 26.5 Å². The maximum absolute atomic E-state index is 11.4. The highest BCUT2D eigenvalue weighted by Crippen LogP contribution is 2.05. The first-order valence-electron chi connectivity index (χ1n) is 5.26. The Bertz CT molecular complexity index is 352. The molecule has 0 aromatic carbocycles. The zero-order valence-corrected chi connectivity index (χ0v) is 10.3. The molecular weight excluding hydrogens is 206 g/mol. The number of rotatable bonds is 4. The van der Waals surface area contributed by atoms with Crippen LogP contribution in [-0.2, 0) is 23.1 Å². The number of aromatic nitrogens is 2. The average molecular weight is 225 g/mol. The molecule has 1 heterocycles. The van der Waals surface area contributed by atoms with Crippen LogP contribution in [0.4, 0.5) is 0 Å². The molecule has 0 saturated heterocycles. The lowest BCUT2D eigenvalue weighted by Crippen LogP contribution is -2.32. The summed E-state index contributed by atoms with van der Waals surface area (Å²) in [5.74, 6) is -0.115. The van der Waals surface area contributed by atoms with Crippen LogP contribution in [0.25, 0.3) is 0 Å². The molecule has 0 unspecified atom stereocenters. The van der Waals surface area contributed by atoms with Gasteiger partial charge >= 0.3 is 0 Å². The highest BCUT2D eigenvalue weighted by molar-refractivity contribution is 5.77. The molecule has 0 aliphatic rings. The van der Waals surface area contributed by atoms with E-state index in [9.17, 15) is 4.79 Å². The molecular formula is C11H19N3O2. The molecule has 90 valence electrons. The van der Waals surface area contributed by atoms with Crippen LogP contribution >= 0.6 is 0 Å². The fourth-order valence-corrected chi connectivity index (χ4v) is 1.10. The van der Waals surface area contributed by atoms with Crippen molar-refractivity contribution in [1.29, 1.82) is 0 Å². The number of amides is 1. The van der Waals surface area contributed by atoms with E-state index in [1.165, 1.54) is 0 Å². The molecule has 5 heteroatoms. The van der Waals surface area contributed by atoms with Crippen LogP contribution in [0.15, 0.2) is 12.3 Å². The number of hydrogen-bond donors (Lipinski definition) is 1. The van der Waals surface area contributed by atoms with Gasteiger partial charge in [0.15, 0.2) is 0 Å². The average Bonchev–Trinajstić information content (AvgIpc) is 2.57. The third-order valence-electron chi connectivity index (χ3n) is 2.03. The molecule has 16 heavy (non-hydrogen) atoms. The number of carbonyl (C=O) groups excluding carboxylic acids is 1. The van der Waals surface area contributed by atoms with Crippen molar-refractivity contribution in [1.82, 2.24) is 15.1 Å². The Morgan fingerprint density at radius 3 is 2.75 bits per heavy atom. The lowest BCUT2D eigenvalue weighted by molar-refractivity contribution is -0.130. The molecule has 5 nitrogen and oxygen atoms in total. The van der Waals surface area contributed by atoms with Crippen LogP contribution in [0.2, 0.25) is 0 Å². The Morgan fingerprint density at radius 2 is 2.25 bits per heavy atom. The fourth-order valence-electron chi connectivity index (χ4n) is 1.10. The summed E-state index contributed by atoms with van der Waals surface area (Å²) < 4.78 is 7.08. The Kier molecular flexibility index (Phi) is 4.06. The van der Waals surface area contributed by atoms with Crippen molar-refractivity contribution < 1.29 is 9.53 Å². The fraction of sp³-hybridized carbons (Fsp3) is 0.636. The van der Waals surface area contributed by atoms with Crippen LogP contribution < -0.4 is 5.32 Å². The van der Waals surface area contributed by atoms with Gasteiger partial charge in [-0.2, -0.15) is 5.10 Å². The van der Waals surface area contributed by atoms with Gasteiger partial charge < -0.3 is 10.1 Å². The molecule has 1 rings (SSSR count). The maximum Gasteiger partial charge on any atom is 0.246 e. The number of ether oxygens (including phenoxy) is 1. The first-order valence-corrected chi connectivity index (χ1v) is 5.26. The zero-order chi connectivity index (χ0) is 12.2. The summed E-state index contributed by atoms with van der Waals surface area (Å²) in [6.45, 7) is 6.31. The van der Waals surface area contributed by atoms with Gasteiger partial charge in [-0.25, -0.2) is 0 Å². The molecule has 0 saturated carbocycles. The van der Waals surface area contributed by atoms with Crippen molar-refractivity contribution in [3.63, 3.8) is 0 Å². The van der Waals surface area contributed by atoms with Gasteiger partial charge in [-0.15, -0.1) is 0 Å². The second-order valence-corrected chi connectivity index (χ2v) is 4.62. The molecule has 0 aliphatic heterocycles. The topological polar surface area (TPSA) is 56.2 Å². The quantitative estimate of drug-likeness (QED) is 0.826. The molecule has 0 radical (unpaired) electrons. The molecule has 0 atom stereocenters. The third-order valence-corrected chi connectivity index (χ3v) is 2.03. The molecule has 1 N–H and O–H groups in total. The van der Waals surface area contributed by atoms with E-state index < -0.39 is 0 Å². The normalized spacial score (nSPS) is 11.5. The monoisotopic (exact) mass is 225 g/mol. The van der Waals surface area contributed by atoms with Gasteiger partial charge in [0.2, 0.25) is 5.91 Å². The highest BCUT2D eigenvalue weighted by atomic mass is 16.5. The summed E-state index contributed by atoms with van der Waals surface area (Å²) in [5, 5.41) is 6.79. The van der Waals surface area contributed by atoms with Gasteiger partial charge in [0.05, 0.1) is 17.8 Å². The first kappa shape index (κ1) is 12.7. The Morgan fingerprint density at radius 1 is 1.56 bits per heavy atom. The summed E-state index contributed by atoms with van der Waals surface area (Å²) in [5.41, 5.74) is 0.674. The van der Waals surface area contributed by atoms with E-state index in [4.69, 9.17) is 4.74 Å². The molecule has 0 aliphatic carbocycles. The minimum absolute atomic E-state index is 0.0847. The molecule has 1 aromatic rings. The van der Waals surface area contributed by atoms with Crippen molar-refractivity contribution in [2.75, 3.05) is 6.61 Å². The number of aryl methyl sites for hydroxylation is 1. The minimum atomic E-state index is -0.288. The number of carbonyl (C=O) groups is 1. The zero-order valence-electron chi connectivity index (χ0n) is 10.3. The Hall–Kier alpha value is -1.36. The molecule has 0 bridgehead atoms. The molecule has 1 amide bonds. The van der Waals surface area contributed by atoms with E-state index in [2.05, 4.69) is 10.4 Å². The summed E-state index contributed by atoms with van der Waals surface area (Å²) in [6.07, 6.45) is 1.70. The summed E-state index contributed by atoms with van der Waals surface area (Å²) in [7, 11) is 1.84. The van der Waals surface area contributed by atoms with Crippen molar-refractivity contribution in [2.24, 2.45) is 7.05 Å². The van der Waals surface area contributed by atoms with E-state index in [-0.39, 0.29) is 18.1 Å². The molecule has 0 fully saturated rings. The van der Waals surface area contributed by atoms with Gasteiger partial charge in [0.1, 0.15) is 6.61 Å². The van der Waals surface area contributed by atoms with Crippen LogP contribution in [0.3, 0.4) is 0 Å². The summed E-state index contributed by atoms with van der Waals surface area (Å²) in [4.78, 5) is 11.4. The molecule has 1 aromatic heterocycles. The SMILES string of the molecule is Cn1nccc1CNC(=O)COC(C)(C)C. The van der Waals surface area contributed by atoms with Crippen molar-refractivity contribution >= 4 is 5.91 Å². The van der Waals surface area contributed by atoms with Crippen LogP contribution in [0, 0.1) is 0 Å². The summed E-state index contributed by atoms with van der Waals surface area (Å²) >= 11 is 0. The van der Waals surface area contributed by atoms with Crippen LogP contribution in [0.5, 0.6) is 0 Å². The van der Waals surface area contributed by atoms with Crippen molar-refractivity contribution in [2.45, 2.75) is 32.9 Å². The minimum Gasteiger partial charge on any atom is -0.366 e. The standard InChI is InChI=1S/C11H19N3O2/c1-11(2,3)16-8-10(15)12-7-9-5-6-13-14(9)4/h5-6H,7-8H2,1-4H3,(H,12,15). The first-order chi connectivity index (χ1) is 7.38. The second-order valence-electron chi connectivity index (χ2n) is 4.62. The predicted octanol–water partition coefficient (Wildman–Crippen LogP) is 0.851. The van der Waals surface area contributed by atoms with E-state index in [0.29, 0.717) is 6.54 Å². The third kappa shape index (κ3) is 4.44. The largest absolute Gasteiger partial charge is 0.366 e. The second kappa shape index (κ2) is 5.12. The predicted molar refractivity (Wildman–Crippen MR) is 60.8 cm³/mol. The van der Waals surface area contributed by atoms with E-state index in [0.717, 1.165) is 5.69 Å². The van der Waals surface area contributed by atoms with E-state index >= 15 is 0 Å². The van der Waals surface area contributed by atoms with Gasteiger partial charge in [-0.05, 0) is 26.8 Å². The number of hydrogen-bond acceptors (Lipinski definition) is 3. The Labute approximate surface area is 95.8 Å². The number of nitrogens with one attached hydrogen (secondary N) is 1. The van der Waals surface area contributed by atoms with Crippen molar-refractivity contribution in [3.05, 3.63) is 18.0 Å². The van der Waals surface area contributed by atoms with Crippen molar-refractivity contribution in [3.8, 4) is 0 Å². The lowest BCUT2D eigenvalue weighted by Gasteiger charge is -2.18. The number of nitrogens with zero attached hydrogens (tertiary/aromatic N) is 2. The van der Waals surface area contributed by atoms with E-state index in [1.807, 2.05) is 33.9 Å². The molecule has 0 spiro atoms. The Balaban J connectivity index is 2.29. The highest BCUT2D eigenvalue weighted by Gasteiger charge is 2.12. The van der Waals surface area contributed by atoms with Gasteiger partial charge in [0, 0.05) is 13.2 Å². The lowest BCUT2D eigenvalue weighted by atomic mass is 10.2. The maximum atomic E-state index is 11.4.